The van der Waals surface area contributed by atoms with E-state index in [1.54, 1.807) is 0 Å². The lowest BCUT2D eigenvalue weighted by Gasteiger charge is -2.13. The van der Waals surface area contributed by atoms with E-state index in [0.29, 0.717) is 6.07 Å². The Labute approximate surface area is 196 Å². The Hall–Kier alpha value is -4.05. The van der Waals surface area contributed by atoms with E-state index in [4.69, 9.17) is 16.3 Å². The van der Waals surface area contributed by atoms with E-state index in [2.05, 4.69) is 16.0 Å². The number of amides is 3. The fourth-order valence-corrected chi connectivity index (χ4v) is 3.04. The lowest BCUT2D eigenvalue weighted by atomic mass is 10.2. The zero-order valence-corrected chi connectivity index (χ0v) is 18.3. The first kappa shape index (κ1) is 24.6. The van der Waals surface area contributed by atoms with E-state index in [1.165, 1.54) is 37.4 Å². The molecule has 0 heterocycles. The van der Waals surface area contributed by atoms with Gasteiger partial charge >= 0.3 is 0 Å². The van der Waals surface area contributed by atoms with Crippen LogP contribution in [0.4, 0.5) is 24.5 Å². The van der Waals surface area contributed by atoms with E-state index in [1.807, 2.05) is 0 Å². The summed E-state index contributed by atoms with van der Waals surface area (Å²) in [5.41, 5.74) is -0.313. The van der Waals surface area contributed by atoms with Crippen molar-refractivity contribution in [3.8, 4) is 5.75 Å². The van der Waals surface area contributed by atoms with Crippen molar-refractivity contribution in [2.75, 3.05) is 24.3 Å². The van der Waals surface area contributed by atoms with Crippen molar-refractivity contribution < 1.29 is 32.3 Å². The van der Waals surface area contributed by atoms with Gasteiger partial charge in [-0.3, -0.25) is 14.4 Å². The first-order chi connectivity index (χ1) is 16.2. The second-order valence-electron chi connectivity index (χ2n) is 6.85. The van der Waals surface area contributed by atoms with Crippen LogP contribution in [0, 0.1) is 17.5 Å². The van der Waals surface area contributed by atoms with E-state index < -0.39 is 47.3 Å². The van der Waals surface area contributed by atoms with E-state index in [-0.39, 0.29) is 27.7 Å². The molecule has 0 saturated heterocycles. The third-order valence-electron chi connectivity index (χ3n) is 4.49. The van der Waals surface area contributed by atoms with Crippen molar-refractivity contribution in [1.29, 1.82) is 0 Å². The maximum Gasteiger partial charge on any atom is 0.258 e. The van der Waals surface area contributed by atoms with Crippen molar-refractivity contribution in [3.63, 3.8) is 0 Å². The Kier molecular flexibility index (Phi) is 7.75. The van der Waals surface area contributed by atoms with Gasteiger partial charge in [-0.15, -0.1) is 0 Å². The molecule has 34 heavy (non-hydrogen) atoms. The van der Waals surface area contributed by atoms with Crippen LogP contribution >= 0.6 is 11.6 Å². The molecule has 0 fully saturated rings. The fourth-order valence-electron chi connectivity index (χ4n) is 2.88. The molecule has 0 aromatic heterocycles. The van der Waals surface area contributed by atoms with Gasteiger partial charge in [0, 0.05) is 16.8 Å². The lowest BCUT2D eigenvalue weighted by Crippen LogP contribution is -2.33. The van der Waals surface area contributed by atoms with Crippen LogP contribution in [0.15, 0.2) is 54.6 Å². The van der Waals surface area contributed by atoms with Gasteiger partial charge in [0.1, 0.15) is 23.2 Å². The highest BCUT2D eigenvalue weighted by molar-refractivity contribution is 6.30. The van der Waals surface area contributed by atoms with Gasteiger partial charge in [-0.1, -0.05) is 11.6 Å². The molecular weight excluding hydrogens is 475 g/mol. The zero-order valence-electron chi connectivity index (χ0n) is 17.5. The van der Waals surface area contributed by atoms with Crippen LogP contribution < -0.4 is 20.7 Å². The highest BCUT2D eigenvalue weighted by Crippen LogP contribution is 2.29. The molecule has 0 aliphatic carbocycles. The second kappa shape index (κ2) is 10.7. The van der Waals surface area contributed by atoms with E-state index >= 15 is 0 Å². The van der Waals surface area contributed by atoms with Gasteiger partial charge in [0.05, 0.1) is 30.5 Å². The molecule has 3 rings (SSSR count). The molecule has 11 heteroatoms. The average Bonchev–Trinajstić information content (AvgIpc) is 2.77. The van der Waals surface area contributed by atoms with Gasteiger partial charge in [0.25, 0.3) is 11.8 Å². The summed E-state index contributed by atoms with van der Waals surface area (Å²) in [5.74, 6) is -4.83. The molecule has 7 nitrogen and oxygen atoms in total. The second-order valence-corrected chi connectivity index (χ2v) is 7.28. The van der Waals surface area contributed by atoms with Crippen LogP contribution in [-0.4, -0.2) is 31.4 Å². The maximum atomic E-state index is 14.0. The molecule has 176 valence electrons. The van der Waals surface area contributed by atoms with Crippen molar-refractivity contribution >= 4 is 40.7 Å². The predicted octanol–water partition coefficient (Wildman–Crippen LogP) is 4.39. The Morgan fingerprint density at radius 2 is 1.53 bits per heavy atom. The number of halogens is 4. The van der Waals surface area contributed by atoms with Crippen LogP contribution in [0.25, 0.3) is 0 Å². The highest BCUT2D eigenvalue weighted by atomic mass is 35.5. The van der Waals surface area contributed by atoms with Gasteiger partial charge in [0.15, 0.2) is 0 Å². The van der Waals surface area contributed by atoms with Gasteiger partial charge in [-0.05, 0) is 48.5 Å². The number of carbonyl (C=O) groups excluding carboxylic acids is 3. The van der Waals surface area contributed by atoms with Crippen molar-refractivity contribution in [1.82, 2.24) is 5.32 Å². The molecule has 3 N–H and O–H groups in total. The molecule has 0 saturated carbocycles. The zero-order chi connectivity index (χ0) is 24.8. The van der Waals surface area contributed by atoms with Crippen LogP contribution in [0.3, 0.4) is 0 Å². The Bertz CT molecular complexity index is 1270. The predicted molar refractivity (Wildman–Crippen MR) is 120 cm³/mol. The fraction of sp³-hybridized carbons (Fsp3) is 0.0870. The van der Waals surface area contributed by atoms with Crippen molar-refractivity contribution in [3.05, 3.63) is 88.2 Å². The molecule has 0 unspecified atom stereocenters. The van der Waals surface area contributed by atoms with Crippen molar-refractivity contribution in [2.45, 2.75) is 0 Å². The number of nitrogens with one attached hydrogen (secondary N) is 3. The third-order valence-corrected chi connectivity index (χ3v) is 4.73. The summed E-state index contributed by atoms with van der Waals surface area (Å²) in [6, 6.07) is 10.3. The van der Waals surface area contributed by atoms with Gasteiger partial charge in [-0.25, -0.2) is 13.2 Å². The first-order valence-corrected chi connectivity index (χ1v) is 10.0. The number of hydrogen-bond donors (Lipinski definition) is 3. The summed E-state index contributed by atoms with van der Waals surface area (Å²) < 4.78 is 45.9. The summed E-state index contributed by atoms with van der Waals surface area (Å²) in [4.78, 5) is 36.7. The maximum absolute atomic E-state index is 14.0. The standard InChI is InChI=1S/C23H17ClF3N3O4/c1-34-20-7-4-14(10-19(20)30-23(33)16-5-2-12(24)8-17(16)26)29-21(31)11-28-22(32)15-6-3-13(25)9-18(15)27/h2-10H,11H2,1H3,(H,28,32)(H,29,31)(H,30,33). The van der Waals surface area contributed by atoms with Crippen LogP contribution in [0.2, 0.25) is 5.02 Å². The molecule has 3 aromatic carbocycles. The lowest BCUT2D eigenvalue weighted by molar-refractivity contribution is -0.115. The minimum atomic E-state index is -1.06. The quantitative estimate of drug-likeness (QED) is 0.457. The topological polar surface area (TPSA) is 96.5 Å². The van der Waals surface area contributed by atoms with Gasteiger partial charge < -0.3 is 20.7 Å². The first-order valence-electron chi connectivity index (χ1n) is 9.65. The molecule has 0 radical (unpaired) electrons. The Balaban J connectivity index is 1.67. The normalized spacial score (nSPS) is 10.4. The molecule has 0 aliphatic heterocycles. The molecule has 0 spiro atoms. The largest absolute Gasteiger partial charge is 0.495 e. The molecule has 3 amide bonds. The molecule has 0 aliphatic rings. The molecule has 3 aromatic rings. The van der Waals surface area contributed by atoms with Gasteiger partial charge in [-0.2, -0.15) is 0 Å². The van der Waals surface area contributed by atoms with Crippen LogP contribution in [-0.2, 0) is 4.79 Å². The van der Waals surface area contributed by atoms with Crippen LogP contribution in [0.5, 0.6) is 5.75 Å². The summed E-state index contributed by atoms with van der Waals surface area (Å²) in [6.07, 6.45) is 0. The molecular formula is C23H17ClF3N3O4. The van der Waals surface area contributed by atoms with E-state index in [0.717, 1.165) is 18.2 Å². The highest BCUT2D eigenvalue weighted by Gasteiger charge is 2.16. The summed E-state index contributed by atoms with van der Waals surface area (Å²) in [7, 11) is 1.36. The Morgan fingerprint density at radius 3 is 2.21 bits per heavy atom. The minimum Gasteiger partial charge on any atom is -0.495 e. The number of carbonyl (C=O) groups is 3. The van der Waals surface area contributed by atoms with Crippen LogP contribution in [0.1, 0.15) is 20.7 Å². The number of anilines is 2. The average molecular weight is 492 g/mol. The summed E-state index contributed by atoms with van der Waals surface area (Å²) >= 11 is 5.70. The summed E-state index contributed by atoms with van der Waals surface area (Å²) in [6.45, 7) is -0.515. The number of benzene rings is 3. The SMILES string of the molecule is COc1ccc(NC(=O)CNC(=O)c2ccc(F)cc2F)cc1NC(=O)c1ccc(Cl)cc1F. The number of rotatable bonds is 7. The monoisotopic (exact) mass is 491 g/mol. The van der Waals surface area contributed by atoms with Crippen molar-refractivity contribution in [2.24, 2.45) is 0 Å². The number of ether oxygens (including phenoxy) is 1. The minimum absolute atomic E-state index is 0.130. The third kappa shape index (κ3) is 6.04. The number of hydrogen-bond acceptors (Lipinski definition) is 4. The van der Waals surface area contributed by atoms with E-state index in [9.17, 15) is 27.6 Å². The molecule has 0 bridgehead atoms. The van der Waals surface area contributed by atoms with Gasteiger partial charge in [0.2, 0.25) is 5.91 Å². The molecule has 0 atom stereocenters. The summed E-state index contributed by atoms with van der Waals surface area (Å²) in [5, 5.41) is 7.33. The smallest absolute Gasteiger partial charge is 0.258 e. The number of methoxy groups -OCH3 is 1. The Morgan fingerprint density at radius 1 is 0.853 bits per heavy atom.